The summed E-state index contributed by atoms with van der Waals surface area (Å²) in [5.41, 5.74) is 4.03. The Labute approximate surface area is 128 Å². The summed E-state index contributed by atoms with van der Waals surface area (Å²) in [5, 5.41) is 4.39. The van der Waals surface area contributed by atoms with E-state index in [-0.39, 0.29) is 11.7 Å². The lowest BCUT2D eigenvalue weighted by atomic mass is 9.82. The van der Waals surface area contributed by atoms with E-state index in [1.165, 1.54) is 11.1 Å². The van der Waals surface area contributed by atoms with Gasteiger partial charge in [0.05, 0.1) is 11.3 Å². The summed E-state index contributed by atoms with van der Waals surface area (Å²) in [4.78, 5) is 21.0. The number of hydrogen-bond donors (Lipinski definition) is 0. The van der Waals surface area contributed by atoms with Crippen LogP contribution in [0.2, 0.25) is 0 Å². The molecule has 0 radical (unpaired) electrons. The van der Waals surface area contributed by atoms with Crippen LogP contribution in [-0.2, 0) is 6.42 Å². The van der Waals surface area contributed by atoms with Crippen LogP contribution in [0.3, 0.4) is 0 Å². The van der Waals surface area contributed by atoms with Crippen LogP contribution in [0.5, 0.6) is 0 Å². The van der Waals surface area contributed by atoms with Crippen LogP contribution < -0.4 is 0 Å². The Morgan fingerprint density at radius 3 is 2.68 bits per heavy atom. The molecule has 1 aliphatic rings. The number of aryl methyl sites for hydroxylation is 2. The average molecular weight is 292 g/mol. The highest BCUT2D eigenvalue weighted by Gasteiger charge is 2.29. The van der Waals surface area contributed by atoms with Gasteiger partial charge in [0.25, 0.3) is 5.78 Å². The van der Waals surface area contributed by atoms with Gasteiger partial charge in [0.15, 0.2) is 5.78 Å². The van der Waals surface area contributed by atoms with Crippen LogP contribution in [0.25, 0.3) is 5.78 Å². The summed E-state index contributed by atoms with van der Waals surface area (Å²) in [6.07, 6.45) is 2.95. The van der Waals surface area contributed by atoms with E-state index < -0.39 is 0 Å². The molecule has 22 heavy (non-hydrogen) atoms. The first-order valence-corrected chi connectivity index (χ1v) is 7.43. The molecule has 0 fully saturated rings. The van der Waals surface area contributed by atoms with E-state index in [1.807, 2.05) is 6.92 Å². The minimum absolute atomic E-state index is 0.134. The highest BCUT2D eigenvalue weighted by atomic mass is 16.1. The van der Waals surface area contributed by atoms with E-state index in [0.29, 0.717) is 23.6 Å². The van der Waals surface area contributed by atoms with Gasteiger partial charge in [-0.15, -0.1) is 0 Å². The third-order valence-corrected chi connectivity index (χ3v) is 4.29. The molecule has 110 valence electrons. The maximum absolute atomic E-state index is 12.5. The van der Waals surface area contributed by atoms with Gasteiger partial charge in [-0.05, 0) is 31.7 Å². The summed E-state index contributed by atoms with van der Waals surface area (Å²) in [6.45, 7) is 3.90. The van der Waals surface area contributed by atoms with Crippen molar-refractivity contribution >= 4 is 11.6 Å². The monoisotopic (exact) mass is 292 g/mol. The molecule has 0 bridgehead atoms. The van der Waals surface area contributed by atoms with Crippen molar-refractivity contribution in [2.45, 2.75) is 32.6 Å². The number of rotatable bonds is 1. The third kappa shape index (κ3) is 2.01. The van der Waals surface area contributed by atoms with Crippen LogP contribution in [0, 0.1) is 13.8 Å². The van der Waals surface area contributed by atoms with E-state index in [9.17, 15) is 4.79 Å². The number of aromatic nitrogens is 4. The van der Waals surface area contributed by atoms with Crippen molar-refractivity contribution in [3.63, 3.8) is 0 Å². The zero-order valence-corrected chi connectivity index (χ0v) is 12.6. The zero-order valence-electron chi connectivity index (χ0n) is 12.6. The smallest absolute Gasteiger partial charge is 0.252 e. The van der Waals surface area contributed by atoms with E-state index in [1.54, 1.807) is 10.7 Å². The summed E-state index contributed by atoms with van der Waals surface area (Å²) in [5.74, 6) is 1.56. The minimum Gasteiger partial charge on any atom is -0.294 e. The van der Waals surface area contributed by atoms with Crippen molar-refractivity contribution in [3.05, 3.63) is 58.7 Å². The van der Waals surface area contributed by atoms with E-state index in [4.69, 9.17) is 0 Å². The average Bonchev–Trinajstić information content (AvgIpc) is 2.88. The van der Waals surface area contributed by atoms with Crippen molar-refractivity contribution < 1.29 is 4.79 Å². The molecule has 1 aromatic carbocycles. The minimum atomic E-state index is 0.134. The fourth-order valence-corrected chi connectivity index (χ4v) is 3.12. The molecule has 2 aromatic heterocycles. The van der Waals surface area contributed by atoms with Crippen LogP contribution in [0.1, 0.15) is 45.3 Å². The Morgan fingerprint density at radius 2 is 1.91 bits per heavy atom. The van der Waals surface area contributed by atoms with E-state index in [2.05, 4.69) is 46.3 Å². The molecule has 0 amide bonds. The maximum atomic E-state index is 12.5. The van der Waals surface area contributed by atoms with Gasteiger partial charge in [-0.2, -0.15) is 10.1 Å². The van der Waals surface area contributed by atoms with Gasteiger partial charge in [0, 0.05) is 12.6 Å². The van der Waals surface area contributed by atoms with Crippen LogP contribution >= 0.6 is 0 Å². The topological polar surface area (TPSA) is 60.2 Å². The number of hydrogen-bond acceptors (Lipinski definition) is 4. The Bertz CT molecular complexity index is 880. The lowest BCUT2D eigenvalue weighted by Gasteiger charge is -2.24. The summed E-state index contributed by atoms with van der Waals surface area (Å²) in [7, 11) is 0. The lowest BCUT2D eigenvalue weighted by molar-refractivity contribution is 0.0962. The Morgan fingerprint density at radius 1 is 1.14 bits per heavy atom. The van der Waals surface area contributed by atoms with Gasteiger partial charge in [-0.1, -0.05) is 29.8 Å². The summed E-state index contributed by atoms with van der Waals surface area (Å²) in [6, 6.07) is 8.42. The van der Waals surface area contributed by atoms with Gasteiger partial charge in [0.2, 0.25) is 0 Å². The van der Waals surface area contributed by atoms with Crippen molar-refractivity contribution in [1.82, 2.24) is 19.6 Å². The van der Waals surface area contributed by atoms with Gasteiger partial charge >= 0.3 is 0 Å². The maximum Gasteiger partial charge on any atom is 0.252 e. The largest absolute Gasteiger partial charge is 0.294 e. The first-order chi connectivity index (χ1) is 10.6. The number of Topliss-reactive ketones (excluding diaryl/α,β-unsaturated/α-hetero) is 1. The second-order valence-electron chi connectivity index (χ2n) is 5.93. The third-order valence-electron chi connectivity index (χ3n) is 4.29. The molecular formula is C17H16N4O. The predicted octanol–water partition coefficient (Wildman–Crippen LogP) is 2.65. The molecule has 0 saturated heterocycles. The Kier molecular flexibility index (Phi) is 2.82. The molecule has 0 N–H and O–H groups in total. The zero-order chi connectivity index (χ0) is 15.3. The van der Waals surface area contributed by atoms with Crippen molar-refractivity contribution in [2.75, 3.05) is 0 Å². The Hall–Kier alpha value is -2.56. The number of carbonyl (C=O) groups is 1. The summed E-state index contributed by atoms with van der Waals surface area (Å²) >= 11 is 0. The van der Waals surface area contributed by atoms with Crippen LogP contribution in [0.15, 0.2) is 30.5 Å². The molecule has 1 atom stereocenters. The normalized spacial score (nSPS) is 17.7. The van der Waals surface area contributed by atoms with Gasteiger partial charge in [0.1, 0.15) is 5.82 Å². The molecule has 4 rings (SSSR count). The van der Waals surface area contributed by atoms with E-state index >= 15 is 0 Å². The fourth-order valence-electron chi connectivity index (χ4n) is 3.12. The van der Waals surface area contributed by atoms with Crippen molar-refractivity contribution in [3.8, 4) is 0 Å². The summed E-state index contributed by atoms with van der Waals surface area (Å²) < 4.78 is 1.73. The second-order valence-corrected chi connectivity index (χ2v) is 5.93. The quantitative estimate of drug-likeness (QED) is 0.692. The number of fused-ring (bicyclic) bond motifs is 3. The number of benzene rings is 1. The van der Waals surface area contributed by atoms with Gasteiger partial charge in [-0.3, -0.25) is 4.79 Å². The lowest BCUT2D eigenvalue weighted by Crippen LogP contribution is -2.22. The molecule has 5 heteroatoms. The molecule has 2 heterocycles. The molecule has 0 saturated carbocycles. The van der Waals surface area contributed by atoms with Crippen molar-refractivity contribution in [1.29, 1.82) is 0 Å². The number of nitrogens with zero attached hydrogens (tertiary/aromatic N) is 4. The van der Waals surface area contributed by atoms with Gasteiger partial charge < -0.3 is 0 Å². The first kappa shape index (κ1) is 13.1. The number of carbonyl (C=O) groups excluding carboxylic acids is 1. The van der Waals surface area contributed by atoms with Crippen LogP contribution in [-0.4, -0.2) is 25.4 Å². The molecule has 0 aliphatic heterocycles. The second kappa shape index (κ2) is 4.73. The molecule has 1 aliphatic carbocycles. The fraction of sp³-hybridized carbons (Fsp3) is 0.294. The molecule has 1 unspecified atom stereocenters. The molecule has 0 spiro atoms. The Balaban J connectivity index is 1.82. The first-order valence-electron chi connectivity index (χ1n) is 7.43. The molecule has 5 nitrogen and oxygen atoms in total. The SMILES string of the molecule is Cc1ccc(C2CC(=O)c3cnc4nc(C)nn4c3C2)cc1. The van der Waals surface area contributed by atoms with Gasteiger partial charge in [-0.25, -0.2) is 9.50 Å². The van der Waals surface area contributed by atoms with Crippen molar-refractivity contribution in [2.24, 2.45) is 0 Å². The highest BCUT2D eigenvalue weighted by Crippen LogP contribution is 2.32. The predicted molar refractivity (Wildman–Crippen MR) is 82.1 cm³/mol. The molecular weight excluding hydrogens is 276 g/mol. The van der Waals surface area contributed by atoms with Crippen LogP contribution in [0.4, 0.5) is 0 Å². The highest BCUT2D eigenvalue weighted by molar-refractivity contribution is 5.98. The number of ketones is 1. The van der Waals surface area contributed by atoms with E-state index in [0.717, 1.165) is 12.1 Å². The molecule has 3 aromatic rings. The standard InChI is InChI=1S/C17H16N4O/c1-10-3-5-12(6-4-10)13-7-15-14(16(22)8-13)9-18-17-19-11(2)20-21(15)17/h3-6,9,13H,7-8H2,1-2H3.